The van der Waals surface area contributed by atoms with Gasteiger partial charge in [-0.1, -0.05) is 54.1 Å². The van der Waals surface area contributed by atoms with Crippen LogP contribution in [0.15, 0.2) is 72.8 Å². The Kier molecular flexibility index (Phi) is 4.69. The van der Waals surface area contributed by atoms with Gasteiger partial charge in [-0.3, -0.25) is 4.79 Å². The summed E-state index contributed by atoms with van der Waals surface area (Å²) < 4.78 is 1.18. The summed E-state index contributed by atoms with van der Waals surface area (Å²) in [4.78, 5) is 16.9. The molecule has 0 unspecified atom stereocenters. The molecular formula is C21H15ClN2OS. The summed E-state index contributed by atoms with van der Waals surface area (Å²) >= 11 is 7.61. The number of rotatable bonds is 4. The first-order valence-corrected chi connectivity index (χ1v) is 9.37. The van der Waals surface area contributed by atoms with E-state index in [1.54, 1.807) is 35.6 Å². The quantitative estimate of drug-likeness (QED) is 0.506. The fourth-order valence-electron chi connectivity index (χ4n) is 2.67. The number of para-hydroxylation sites is 1. The van der Waals surface area contributed by atoms with Crippen LogP contribution in [0, 0.1) is 0 Å². The lowest BCUT2D eigenvalue weighted by atomic mass is 10.1. The largest absolute Gasteiger partial charge is 0.348 e. The minimum atomic E-state index is -0.136. The van der Waals surface area contributed by atoms with E-state index in [0.29, 0.717) is 17.1 Å². The Bertz CT molecular complexity index is 1040. The van der Waals surface area contributed by atoms with E-state index >= 15 is 0 Å². The lowest BCUT2D eigenvalue weighted by Crippen LogP contribution is -2.22. The van der Waals surface area contributed by atoms with Crippen LogP contribution >= 0.6 is 22.9 Å². The summed E-state index contributed by atoms with van der Waals surface area (Å²) in [5.41, 5.74) is 3.69. The van der Waals surface area contributed by atoms with Crippen molar-refractivity contribution in [3.05, 3.63) is 88.9 Å². The second-order valence-electron chi connectivity index (χ2n) is 5.88. The van der Waals surface area contributed by atoms with E-state index in [4.69, 9.17) is 11.6 Å². The Hall–Kier alpha value is -2.69. The molecule has 0 spiro atoms. The molecule has 26 heavy (non-hydrogen) atoms. The number of aromatic nitrogens is 1. The first-order chi connectivity index (χ1) is 12.7. The molecule has 3 nitrogen and oxygen atoms in total. The molecule has 128 valence electrons. The summed E-state index contributed by atoms with van der Waals surface area (Å²) in [6.07, 6.45) is 0. The van der Waals surface area contributed by atoms with Gasteiger partial charge in [0, 0.05) is 22.7 Å². The van der Waals surface area contributed by atoms with E-state index in [-0.39, 0.29) is 5.91 Å². The molecule has 5 heteroatoms. The molecule has 0 bridgehead atoms. The SMILES string of the molecule is O=C(NCc1ccc(-c2nc3ccccc3s2)cc1)c1cccc(Cl)c1. The van der Waals surface area contributed by atoms with Gasteiger partial charge in [0.25, 0.3) is 5.91 Å². The minimum absolute atomic E-state index is 0.136. The van der Waals surface area contributed by atoms with Crippen LogP contribution in [0.3, 0.4) is 0 Å². The topological polar surface area (TPSA) is 42.0 Å². The number of thiazole rings is 1. The van der Waals surface area contributed by atoms with Crippen LogP contribution in [-0.2, 0) is 6.54 Å². The van der Waals surface area contributed by atoms with Crippen LogP contribution in [0.1, 0.15) is 15.9 Å². The maximum atomic E-state index is 12.2. The molecular weight excluding hydrogens is 364 g/mol. The molecule has 0 aliphatic carbocycles. The third kappa shape index (κ3) is 3.62. The van der Waals surface area contributed by atoms with Gasteiger partial charge >= 0.3 is 0 Å². The van der Waals surface area contributed by atoms with Gasteiger partial charge in [-0.2, -0.15) is 0 Å². The zero-order chi connectivity index (χ0) is 17.9. The Labute approximate surface area is 160 Å². The maximum Gasteiger partial charge on any atom is 0.251 e. The molecule has 4 aromatic rings. The Morgan fingerprint density at radius 3 is 2.58 bits per heavy atom. The number of carbonyl (C=O) groups excluding carboxylic acids is 1. The third-order valence-electron chi connectivity index (χ3n) is 4.03. The molecule has 1 N–H and O–H groups in total. The van der Waals surface area contributed by atoms with Crippen molar-refractivity contribution in [2.75, 3.05) is 0 Å². The van der Waals surface area contributed by atoms with E-state index in [2.05, 4.69) is 16.4 Å². The van der Waals surface area contributed by atoms with Gasteiger partial charge in [0.05, 0.1) is 10.2 Å². The number of amides is 1. The smallest absolute Gasteiger partial charge is 0.251 e. The Morgan fingerprint density at radius 2 is 1.81 bits per heavy atom. The van der Waals surface area contributed by atoms with Crippen molar-refractivity contribution < 1.29 is 4.79 Å². The van der Waals surface area contributed by atoms with E-state index < -0.39 is 0 Å². The summed E-state index contributed by atoms with van der Waals surface area (Å²) in [5.74, 6) is -0.136. The lowest BCUT2D eigenvalue weighted by molar-refractivity contribution is 0.0951. The summed E-state index contributed by atoms with van der Waals surface area (Å²) in [6, 6.07) is 23.2. The highest BCUT2D eigenvalue weighted by molar-refractivity contribution is 7.21. The van der Waals surface area contributed by atoms with E-state index in [9.17, 15) is 4.79 Å². The Balaban J connectivity index is 1.45. The monoisotopic (exact) mass is 378 g/mol. The number of carbonyl (C=O) groups is 1. The average molecular weight is 379 g/mol. The molecule has 1 amide bonds. The number of halogens is 1. The highest BCUT2D eigenvalue weighted by Crippen LogP contribution is 2.29. The predicted molar refractivity (Wildman–Crippen MR) is 108 cm³/mol. The first-order valence-electron chi connectivity index (χ1n) is 8.18. The van der Waals surface area contributed by atoms with Gasteiger partial charge in [-0.05, 0) is 35.9 Å². The van der Waals surface area contributed by atoms with Crippen LogP contribution in [0.4, 0.5) is 0 Å². The van der Waals surface area contributed by atoms with Crippen molar-refractivity contribution in [2.45, 2.75) is 6.54 Å². The van der Waals surface area contributed by atoms with Crippen molar-refractivity contribution in [1.29, 1.82) is 0 Å². The molecule has 0 fully saturated rings. The Morgan fingerprint density at radius 1 is 1.00 bits per heavy atom. The molecule has 0 aliphatic heterocycles. The van der Waals surface area contributed by atoms with Crippen LogP contribution in [0.25, 0.3) is 20.8 Å². The van der Waals surface area contributed by atoms with E-state index in [0.717, 1.165) is 21.7 Å². The highest BCUT2D eigenvalue weighted by Gasteiger charge is 2.08. The molecule has 1 aromatic heterocycles. The zero-order valence-electron chi connectivity index (χ0n) is 13.8. The number of nitrogens with zero attached hydrogens (tertiary/aromatic N) is 1. The molecule has 0 atom stereocenters. The van der Waals surface area contributed by atoms with Gasteiger partial charge in [-0.25, -0.2) is 4.98 Å². The van der Waals surface area contributed by atoms with Crippen molar-refractivity contribution in [3.8, 4) is 10.6 Å². The van der Waals surface area contributed by atoms with Crippen molar-refractivity contribution in [1.82, 2.24) is 10.3 Å². The van der Waals surface area contributed by atoms with Gasteiger partial charge in [0.15, 0.2) is 0 Å². The molecule has 0 aliphatic rings. The first kappa shape index (κ1) is 16.8. The second kappa shape index (κ2) is 7.28. The summed E-state index contributed by atoms with van der Waals surface area (Å²) in [6.45, 7) is 0.464. The minimum Gasteiger partial charge on any atom is -0.348 e. The number of hydrogen-bond donors (Lipinski definition) is 1. The number of fused-ring (bicyclic) bond motifs is 1. The molecule has 3 aromatic carbocycles. The predicted octanol–water partition coefficient (Wildman–Crippen LogP) is 5.55. The molecule has 0 saturated heterocycles. The van der Waals surface area contributed by atoms with Crippen LogP contribution < -0.4 is 5.32 Å². The van der Waals surface area contributed by atoms with Crippen LogP contribution in [0.5, 0.6) is 0 Å². The molecule has 0 saturated carbocycles. The number of benzene rings is 3. The lowest BCUT2D eigenvalue weighted by Gasteiger charge is -2.06. The number of nitrogens with one attached hydrogen (secondary N) is 1. The van der Waals surface area contributed by atoms with E-state index in [1.807, 2.05) is 42.5 Å². The standard InChI is InChI=1S/C21H15ClN2OS/c22-17-5-3-4-16(12-17)20(25)23-13-14-8-10-15(11-9-14)21-24-18-6-1-2-7-19(18)26-21/h1-12H,13H2,(H,23,25). The normalized spacial score (nSPS) is 10.8. The van der Waals surface area contributed by atoms with Crippen molar-refractivity contribution in [2.24, 2.45) is 0 Å². The second-order valence-corrected chi connectivity index (χ2v) is 7.34. The van der Waals surface area contributed by atoms with Crippen molar-refractivity contribution in [3.63, 3.8) is 0 Å². The molecule has 1 heterocycles. The average Bonchev–Trinajstić information content (AvgIpc) is 3.11. The van der Waals surface area contributed by atoms with Crippen LogP contribution in [-0.4, -0.2) is 10.9 Å². The maximum absolute atomic E-state index is 12.2. The third-order valence-corrected chi connectivity index (χ3v) is 5.36. The van der Waals surface area contributed by atoms with Gasteiger partial charge in [0.2, 0.25) is 0 Å². The van der Waals surface area contributed by atoms with Gasteiger partial charge in [-0.15, -0.1) is 11.3 Å². The fraction of sp³-hybridized carbons (Fsp3) is 0.0476. The number of hydrogen-bond acceptors (Lipinski definition) is 3. The van der Waals surface area contributed by atoms with Gasteiger partial charge in [0.1, 0.15) is 5.01 Å². The zero-order valence-corrected chi connectivity index (χ0v) is 15.3. The molecule has 4 rings (SSSR count). The summed E-state index contributed by atoms with van der Waals surface area (Å²) in [7, 11) is 0. The van der Waals surface area contributed by atoms with Crippen molar-refractivity contribution >= 4 is 39.1 Å². The summed E-state index contributed by atoms with van der Waals surface area (Å²) in [5, 5.41) is 4.47. The van der Waals surface area contributed by atoms with E-state index in [1.165, 1.54) is 4.70 Å². The highest BCUT2D eigenvalue weighted by atomic mass is 35.5. The fourth-order valence-corrected chi connectivity index (χ4v) is 3.84. The molecule has 0 radical (unpaired) electrons. The van der Waals surface area contributed by atoms with Gasteiger partial charge < -0.3 is 5.32 Å². The van der Waals surface area contributed by atoms with Crippen LogP contribution in [0.2, 0.25) is 5.02 Å².